The first-order valence-electron chi connectivity index (χ1n) is 4.73. The summed E-state index contributed by atoms with van der Waals surface area (Å²) in [4.78, 5) is 11.0. The number of aliphatic hydroxyl groups is 1. The molecule has 0 saturated carbocycles. The molecule has 0 amide bonds. The third-order valence-electron chi connectivity index (χ3n) is 2.47. The van der Waals surface area contributed by atoms with Crippen LogP contribution in [0.25, 0.3) is 0 Å². The number of aliphatic hydroxyl groups excluding tert-OH is 1. The minimum absolute atomic E-state index is 0.120. The monoisotopic (exact) mass is 188 g/mol. The highest BCUT2D eigenvalue weighted by atomic mass is 16.3. The zero-order valence-corrected chi connectivity index (χ0v) is 7.81. The Hall–Kier alpha value is -1.41. The van der Waals surface area contributed by atoms with Crippen molar-refractivity contribution >= 4 is 5.78 Å². The van der Waals surface area contributed by atoms with E-state index in [0.29, 0.717) is 12.8 Å². The number of hydrogen-bond donors (Lipinski definition) is 1. The van der Waals surface area contributed by atoms with Crippen LogP contribution in [0.15, 0.2) is 42.0 Å². The van der Waals surface area contributed by atoms with Crippen LogP contribution in [0.1, 0.15) is 24.5 Å². The molecule has 0 fully saturated rings. The van der Waals surface area contributed by atoms with Crippen LogP contribution in [0, 0.1) is 0 Å². The lowest BCUT2D eigenvalue weighted by Gasteiger charge is -2.11. The van der Waals surface area contributed by atoms with Gasteiger partial charge in [0.05, 0.1) is 0 Å². The van der Waals surface area contributed by atoms with E-state index >= 15 is 0 Å². The van der Waals surface area contributed by atoms with E-state index in [-0.39, 0.29) is 5.78 Å². The van der Waals surface area contributed by atoms with Crippen LogP contribution in [0.4, 0.5) is 0 Å². The Morgan fingerprint density at radius 3 is 2.43 bits per heavy atom. The lowest BCUT2D eigenvalue weighted by atomic mass is 10.0. The van der Waals surface area contributed by atoms with Crippen molar-refractivity contribution < 1.29 is 9.90 Å². The van der Waals surface area contributed by atoms with Crippen molar-refractivity contribution in [1.82, 2.24) is 0 Å². The zero-order valence-electron chi connectivity index (χ0n) is 7.81. The molecular formula is C12H12O2. The molecule has 0 heterocycles. The molecule has 0 aromatic heterocycles. The molecular weight excluding hydrogens is 176 g/mol. The first-order chi connectivity index (χ1) is 6.77. The molecule has 0 bridgehead atoms. The largest absolute Gasteiger partial charge is 0.384 e. The predicted molar refractivity (Wildman–Crippen MR) is 53.7 cm³/mol. The van der Waals surface area contributed by atoms with Crippen LogP contribution in [0.3, 0.4) is 0 Å². The molecule has 14 heavy (non-hydrogen) atoms. The van der Waals surface area contributed by atoms with Gasteiger partial charge < -0.3 is 5.11 Å². The molecule has 2 nitrogen and oxygen atoms in total. The summed E-state index contributed by atoms with van der Waals surface area (Å²) in [5, 5.41) is 9.92. The molecule has 1 aromatic rings. The summed E-state index contributed by atoms with van der Waals surface area (Å²) in [5.74, 6) is 0.120. The SMILES string of the molecule is O=C1C=C(C(O)c2ccccc2)CC1. The lowest BCUT2D eigenvalue weighted by Crippen LogP contribution is -1.98. The van der Waals surface area contributed by atoms with Crippen molar-refractivity contribution in [1.29, 1.82) is 0 Å². The van der Waals surface area contributed by atoms with Crippen LogP contribution in [0.2, 0.25) is 0 Å². The summed E-state index contributed by atoms with van der Waals surface area (Å²) in [6.07, 6.45) is 2.19. The number of hydrogen-bond acceptors (Lipinski definition) is 2. The van der Waals surface area contributed by atoms with E-state index in [0.717, 1.165) is 11.1 Å². The zero-order chi connectivity index (χ0) is 9.97. The second kappa shape index (κ2) is 3.76. The van der Waals surface area contributed by atoms with E-state index in [9.17, 15) is 9.90 Å². The first-order valence-corrected chi connectivity index (χ1v) is 4.73. The van der Waals surface area contributed by atoms with Gasteiger partial charge in [0.15, 0.2) is 5.78 Å². The predicted octanol–water partition coefficient (Wildman–Crippen LogP) is 2.01. The van der Waals surface area contributed by atoms with Gasteiger partial charge in [0.2, 0.25) is 0 Å². The summed E-state index contributed by atoms with van der Waals surface area (Å²) in [7, 11) is 0. The number of allylic oxidation sites excluding steroid dienone is 1. The van der Waals surface area contributed by atoms with Crippen molar-refractivity contribution in [2.24, 2.45) is 0 Å². The molecule has 1 atom stereocenters. The van der Waals surface area contributed by atoms with E-state index in [1.807, 2.05) is 30.3 Å². The molecule has 0 radical (unpaired) electrons. The van der Waals surface area contributed by atoms with Gasteiger partial charge in [0, 0.05) is 6.42 Å². The van der Waals surface area contributed by atoms with Crippen LogP contribution in [0.5, 0.6) is 0 Å². The van der Waals surface area contributed by atoms with Crippen LogP contribution in [-0.2, 0) is 4.79 Å². The topological polar surface area (TPSA) is 37.3 Å². The molecule has 1 N–H and O–H groups in total. The minimum atomic E-state index is -0.609. The van der Waals surface area contributed by atoms with E-state index in [4.69, 9.17) is 0 Å². The molecule has 0 spiro atoms. The Kier molecular flexibility index (Phi) is 2.46. The second-order valence-corrected chi connectivity index (χ2v) is 3.50. The lowest BCUT2D eigenvalue weighted by molar-refractivity contribution is -0.114. The van der Waals surface area contributed by atoms with Gasteiger partial charge in [-0.1, -0.05) is 30.3 Å². The summed E-state index contributed by atoms with van der Waals surface area (Å²) in [5.41, 5.74) is 1.69. The number of carbonyl (C=O) groups is 1. The number of benzene rings is 1. The standard InChI is InChI=1S/C12H12O2/c13-11-7-6-10(8-11)12(14)9-4-2-1-3-5-9/h1-5,8,12,14H,6-7H2. The van der Waals surface area contributed by atoms with Crippen LogP contribution >= 0.6 is 0 Å². The van der Waals surface area contributed by atoms with Gasteiger partial charge in [0.1, 0.15) is 6.10 Å². The smallest absolute Gasteiger partial charge is 0.156 e. The van der Waals surface area contributed by atoms with Gasteiger partial charge in [-0.15, -0.1) is 0 Å². The number of rotatable bonds is 2. The van der Waals surface area contributed by atoms with Crippen molar-refractivity contribution in [2.75, 3.05) is 0 Å². The number of ketones is 1. The second-order valence-electron chi connectivity index (χ2n) is 3.50. The molecule has 0 aliphatic heterocycles. The van der Waals surface area contributed by atoms with Gasteiger partial charge in [-0.2, -0.15) is 0 Å². The molecule has 1 unspecified atom stereocenters. The summed E-state index contributed by atoms with van der Waals surface area (Å²) in [6.45, 7) is 0. The van der Waals surface area contributed by atoms with Gasteiger partial charge in [-0.3, -0.25) is 4.79 Å². The molecule has 72 valence electrons. The van der Waals surface area contributed by atoms with Gasteiger partial charge in [0.25, 0.3) is 0 Å². The Labute approximate surface area is 82.9 Å². The summed E-state index contributed by atoms with van der Waals surface area (Å²) < 4.78 is 0. The highest BCUT2D eigenvalue weighted by Gasteiger charge is 2.19. The highest BCUT2D eigenvalue weighted by Crippen LogP contribution is 2.28. The van der Waals surface area contributed by atoms with Crippen molar-refractivity contribution in [2.45, 2.75) is 18.9 Å². The fraction of sp³-hybridized carbons (Fsp3) is 0.250. The third-order valence-corrected chi connectivity index (χ3v) is 2.47. The molecule has 2 heteroatoms. The van der Waals surface area contributed by atoms with E-state index < -0.39 is 6.10 Å². The Morgan fingerprint density at radius 1 is 1.14 bits per heavy atom. The van der Waals surface area contributed by atoms with Crippen LogP contribution < -0.4 is 0 Å². The maximum atomic E-state index is 11.0. The quantitative estimate of drug-likeness (QED) is 0.770. The van der Waals surface area contributed by atoms with Crippen molar-refractivity contribution in [3.8, 4) is 0 Å². The van der Waals surface area contributed by atoms with Gasteiger partial charge in [-0.05, 0) is 23.6 Å². The Bertz CT molecular complexity index is 365. The summed E-state index contributed by atoms with van der Waals surface area (Å²) in [6, 6.07) is 9.42. The Balaban J connectivity index is 2.21. The normalized spacial score (nSPS) is 18.1. The number of carbonyl (C=O) groups excluding carboxylic acids is 1. The summed E-state index contributed by atoms with van der Waals surface area (Å²) >= 11 is 0. The van der Waals surface area contributed by atoms with Gasteiger partial charge >= 0.3 is 0 Å². The molecule has 2 rings (SSSR count). The maximum Gasteiger partial charge on any atom is 0.156 e. The van der Waals surface area contributed by atoms with E-state index in [1.165, 1.54) is 0 Å². The fourth-order valence-corrected chi connectivity index (χ4v) is 1.68. The van der Waals surface area contributed by atoms with Crippen molar-refractivity contribution in [3.05, 3.63) is 47.5 Å². The third kappa shape index (κ3) is 1.75. The molecule has 1 aliphatic rings. The van der Waals surface area contributed by atoms with Gasteiger partial charge in [-0.25, -0.2) is 0 Å². The van der Waals surface area contributed by atoms with E-state index in [2.05, 4.69) is 0 Å². The average molecular weight is 188 g/mol. The molecule has 1 aliphatic carbocycles. The van der Waals surface area contributed by atoms with E-state index in [1.54, 1.807) is 6.08 Å². The maximum absolute atomic E-state index is 11.0. The minimum Gasteiger partial charge on any atom is -0.384 e. The average Bonchev–Trinajstić information content (AvgIpc) is 2.65. The first kappa shape index (κ1) is 9.16. The van der Waals surface area contributed by atoms with Crippen molar-refractivity contribution in [3.63, 3.8) is 0 Å². The fourth-order valence-electron chi connectivity index (χ4n) is 1.68. The molecule has 1 aromatic carbocycles. The molecule has 0 saturated heterocycles. The van der Waals surface area contributed by atoms with Crippen LogP contribution in [-0.4, -0.2) is 10.9 Å². The Morgan fingerprint density at radius 2 is 1.86 bits per heavy atom. The highest BCUT2D eigenvalue weighted by molar-refractivity contribution is 5.93.